The van der Waals surface area contributed by atoms with Crippen LogP contribution in [-0.2, 0) is 0 Å². The van der Waals surface area contributed by atoms with Crippen molar-refractivity contribution in [1.29, 1.82) is 0 Å². The summed E-state index contributed by atoms with van der Waals surface area (Å²) in [6, 6.07) is 6.45. The second-order valence-electron chi connectivity index (χ2n) is 4.45. The number of nitrogens with zero attached hydrogens (tertiary/aromatic N) is 1. The number of hydrogen-bond acceptors (Lipinski definition) is 4. The molecule has 5 heteroatoms. The van der Waals surface area contributed by atoms with E-state index in [0.717, 1.165) is 32.7 Å². The molecular formula is C15H24N2O3. The molecule has 0 aromatic heterocycles. The zero-order valence-corrected chi connectivity index (χ0v) is 12.3. The van der Waals surface area contributed by atoms with E-state index >= 15 is 0 Å². The summed E-state index contributed by atoms with van der Waals surface area (Å²) in [7, 11) is 0. The van der Waals surface area contributed by atoms with Crippen molar-refractivity contribution in [3.05, 3.63) is 29.8 Å². The summed E-state index contributed by atoms with van der Waals surface area (Å²) in [5.41, 5.74) is 0.273. The molecule has 1 aromatic rings. The zero-order chi connectivity index (χ0) is 14.8. The molecule has 0 fully saturated rings. The fourth-order valence-electron chi connectivity index (χ4n) is 1.84. The van der Waals surface area contributed by atoms with Gasteiger partial charge in [0, 0.05) is 19.6 Å². The van der Waals surface area contributed by atoms with Crippen LogP contribution in [-0.4, -0.2) is 55.3 Å². The van der Waals surface area contributed by atoms with Gasteiger partial charge in [0.1, 0.15) is 12.4 Å². The van der Waals surface area contributed by atoms with Gasteiger partial charge in [0.05, 0.1) is 5.56 Å². The molecule has 0 spiro atoms. The predicted octanol–water partition coefficient (Wildman–Crippen LogP) is 1.69. The van der Waals surface area contributed by atoms with Crippen molar-refractivity contribution >= 4 is 5.97 Å². The van der Waals surface area contributed by atoms with Gasteiger partial charge in [-0.25, -0.2) is 4.79 Å². The molecule has 0 aliphatic heterocycles. The number of carboxylic acids is 1. The van der Waals surface area contributed by atoms with Crippen molar-refractivity contribution in [2.45, 2.75) is 13.8 Å². The second-order valence-corrected chi connectivity index (χ2v) is 4.45. The van der Waals surface area contributed by atoms with Crippen LogP contribution in [0.15, 0.2) is 24.3 Å². The van der Waals surface area contributed by atoms with Crippen LogP contribution in [0.2, 0.25) is 0 Å². The highest BCUT2D eigenvalue weighted by atomic mass is 16.5. The number of benzene rings is 1. The molecule has 20 heavy (non-hydrogen) atoms. The van der Waals surface area contributed by atoms with E-state index < -0.39 is 5.97 Å². The quantitative estimate of drug-likeness (QED) is 0.639. The summed E-state index contributed by atoms with van der Waals surface area (Å²) in [6.45, 7) is 9.81. The van der Waals surface area contributed by atoms with Crippen molar-refractivity contribution in [1.82, 2.24) is 10.2 Å². The Morgan fingerprint density at radius 2 is 1.85 bits per heavy atom. The molecule has 0 aliphatic carbocycles. The fraction of sp³-hybridized carbons (Fsp3) is 0.533. The number of ether oxygens (including phenoxy) is 1. The Bertz CT molecular complexity index is 389. The van der Waals surface area contributed by atoms with Crippen LogP contribution in [0.5, 0.6) is 5.75 Å². The smallest absolute Gasteiger partial charge is 0.335 e. The molecule has 0 radical (unpaired) electrons. The SMILES string of the molecule is CCN(CC)CCNCCOc1ccc(C(=O)O)cc1. The summed E-state index contributed by atoms with van der Waals surface area (Å²) in [4.78, 5) is 13.1. The van der Waals surface area contributed by atoms with Crippen LogP contribution in [0.4, 0.5) is 0 Å². The van der Waals surface area contributed by atoms with Crippen molar-refractivity contribution in [2.24, 2.45) is 0 Å². The molecule has 0 unspecified atom stereocenters. The average molecular weight is 280 g/mol. The first-order valence-electron chi connectivity index (χ1n) is 7.06. The topological polar surface area (TPSA) is 61.8 Å². The summed E-state index contributed by atoms with van der Waals surface area (Å²) >= 11 is 0. The highest BCUT2D eigenvalue weighted by molar-refractivity contribution is 5.87. The van der Waals surface area contributed by atoms with Gasteiger partial charge in [0.15, 0.2) is 0 Å². The maximum atomic E-state index is 10.7. The Hall–Kier alpha value is -1.59. The van der Waals surface area contributed by atoms with Crippen LogP contribution in [0.3, 0.4) is 0 Å². The molecule has 2 N–H and O–H groups in total. The minimum atomic E-state index is -0.922. The van der Waals surface area contributed by atoms with E-state index in [-0.39, 0.29) is 5.56 Å². The summed E-state index contributed by atoms with van der Waals surface area (Å²) in [5.74, 6) is -0.227. The highest BCUT2D eigenvalue weighted by Crippen LogP contribution is 2.11. The van der Waals surface area contributed by atoms with Crippen LogP contribution in [0.1, 0.15) is 24.2 Å². The first-order valence-corrected chi connectivity index (χ1v) is 7.06. The lowest BCUT2D eigenvalue weighted by Crippen LogP contribution is -2.33. The van der Waals surface area contributed by atoms with E-state index in [2.05, 4.69) is 24.1 Å². The van der Waals surface area contributed by atoms with Gasteiger partial charge in [-0.05, 0) is 37.4 Å². The lowest BCUT2D eigenvalue weighted by Gasteiger charge is -2.18. The number of aromatic carboxylic acids is 1. The minimum absolute atomic E-state index is 0.273. The van der Waals surface area contributed by atoms with Crippen LogP contribution in [0.25, 0.3) is 0 Å². The second kappa shape index (κ2) is 9.34. The van der Waals surface area contributed by atoms with E-state index in [9.17, 15) is 4.79 Å². The van der Waals surface area contributed by atoms with Gasteiger partial charge in [-0.15, -0.1) is 0 Å². The molecular weight excluding hydrogens is 256 g/mol. The normalized spacial score (nSPS) is 10.8. The van der Waals surface area contributed by atoms with Gasteiger partial charge in [-0.3, -0.25) is 0 Å². The van der Waals surface area contributed by atoms with E-state index in [1.54, 1.807) is 24.3 Å². The number of carbonyl (C=O) groups is 1. The molecule has 0 heterocycles. The van der Waals surface area contributed by atoms with Crippen molar-refractivity contribution in [2.75, 3.05) is 39.3 Å². The highest BCUT2D eigenvalue weighted by Gasteiger charge is 2.02. The summed E-state index contributed by atoms with van der Waals surface area (Å²) in [5, 5.41) is 12.1. The Kier molecular flexibility index (Phi) is 7.69. The van der Waals surface area contributed by atoms with E-state index in [4.69, 9.17) is 9.84 Å². The third-order valence-corrected chi connectivity index (χ3v) is 3.15. The number of likely N-dealkylation sites (N-methyl/N-ethyl adjacent to an activating group) is 1. The van der Waals surface area contributed by atoms with Gasteiger partial charge in [-0.1, -0.05) is 13.8 Å². The molecule has 0 aliphatic rings. The number of hydrogen-bond donors (Lipinski definition) is 2. The molecule has 5 nitrogen and oxygen atoms in total. The summed E-state index contributed by atoms with van der Waals surface area (Å²) in [6.07, 6.45) is 0. The Labute approximate surface area is 120 Å². The van der Waals surface area contributed by atoms with Gasteiger partial charge < -0.3 is 20.1 Å². The zero-order valence-electron chi connectivity index (χ0n) is 12.3. The van der Waals surface area contributed by atoms with Crippen molar-refractivity contribution in [3.63, 3.8) is 0 Å². The lowest BCUT2D eigenvalue weighted by atomic mass is 10.2. The number of carboxylic acid groups (broad SMARTS) is 1. The third kappa shape index (κ3) is 6.04. The molecule has 0 amide bonds. The maximum absolute atomic E-state index is 10.7. The lowest BCUT2D eigenvalue weighted by molar-refractivity contribution is 0.0697. The fourth-order valence-corrected chi connectivity index (χ4v) is 1.84. The molecule has 0 saturated carbocycles. The maximum Gasteiger partial charge on any atom is 0.335 e. The molecule has 112 valence electrons. The van der Waals surface area contributed by atoms with Crippen LogP contribution >= 0.6 is 0 Å². The molecule has 0 saturated heterocycles. The molecule has 0 atom stereocenters. The Balaban J connectivity index is 2.13. The first-order chi connectivity index (χ1) is 9.67. The number of rotatable bonds is 10. The average Bonchev–Trinajstić information content (AvgIpc) is 2.47. The van der Waals surface area contributed by atoms with Crippen LogP contribution < -0.4 is 10.1 Å². The first kappa shape index (κ1) is 16.5. The summed E-state index contributed by atoms with van der Waals surface area (Å²) < 4.78 is 5.53. The van der Waals surface area contributed by atoms with Crippen molar-refractivity contribution in [3.8, 4) is 5.75 Å². The molecule has 1 rings (SSSR count). The van der Waals surface area contributed by atoms with E-state index in [0.29, 0.717) is 12.4 Å². The standard InChI is InChI=1S/C15H24N2O3/c1-3-17(4-2)11-9-16-10-12-20-14-7-5-13(6-8-14)15(18)19/h5-8,16H,3-4,9-12H2,1-2H3,(H,18,19). The van der Waals surface area contributed by atoms with Gasteiger partial charge >= 0.3 is 5.97 Å². The third-order valence-electron chi connectivity index (χ3n) is 3.15. The largest absolute Gasteiger partial charge is 0.492 e. The van der Waals surface area contributed by atoms with Gasteiger partial charge in [-0.2, -0.15) is 0 Å². The van der Waals surface area contributed by atoms with Gasteiger partial charge in [0.25, 0.3) is 0 Å². The van der Waals surface area contributed by atoms with Crippen molar-refractivity contribution < 1.29 is 14.6 Å². The van der Waals surface area contributed by atoms with E-state index in [1.165, 1.54) is 0 Å². The van der Waals surface area contributed by atoms with Gasteiger partial charge in [0.2, 0.25) is 0 Å². The van der Waals surface area contributed by atoms with E-state index in [1.807, 2.05) is 0 Å². The number of nitrogens with one attached hydrogen (secondary N) is 1. The minimum Gasteiger partial charge on any atom is -0.492 e. The molecule has 0 bridgehead atoms. The monoisotopic (exact) mass is 280 g/mol. The van der Waals surface area contributed by atoms with Crippen LogP contribution in [0, 0.1) is 0 Å². The predicted molar refractivity (Wildman–Crippen MR) is 79.6 cm³/mol. The Morgan fingerprint density at radius 1 is 1.20 bits per heavy atom. The Morgan fingerprint density at radius 3 is 2.40 bits per heavy atom. The molecule has 1 aromatic carbocycles.